The van der Waals surface area contributed by atoms with E-state index in [1.807, 2.05) is 0 Å². The number of halogens is 2. The molecule has 1 atom stereocenters. The molecule has 0 radical (unpaired) electrons. The smallest absolute Gasteiger partial charge is 0.336 e. The zero-order valence-electron chi connectivity index (χ0n) is 13.1. The van der Waals surface area contributed by atoms with Gasteiger partial charge in [-0.1, -0.05) is 23.2 Å². The molecule has 3 rings (SSSR count). The van der Waals surface area contributed by atoms with Crippen LogP contribution >= 0.6 is 23.2 Å². The molecule has 3 aromatic rings. The summed E-state index contributed by atoms with van der Waals surface area (Å²) in [6.07, 6.45) is -0.803. The molecule has 0 spiro atoms. The van der Waals surface area contributed by atoms with E-state index in [0.717, 1.165) is 5.39 Å². The van der Waals surface area contributed by atoms with Crippen molar-refractivity contribution in [3.05, 3.63) is 69.0 Å². The van der Waals surface area contributed by atoms with Crippen molar-refractivity contribution in [2.24, 2.45) is 0 Å². The molecule has 1 N–H and O–H groups in total. The Bertz CT molecular complexity index is 1000. The lowest BCUT2D eigenvalue weighted by Crippen LogP contribution is -2.30. The fourth-order valence-corrected chi connectivity index (χ4v) is 2.54. The number of nitrogens with one attached hydrogen (secondary N) is 1. The number of hydrogen-bond acceptors (Lipinski definition) is 4. The molecule has 7 heteroatoms. The Kier molecular flexibility index (Phi) is 4.97. The van der Waals surface area contributed by atoms with Gasteiger partial charge in [0.15, 0.2) is 6.10 Å². The summed E-state index contributed by atoms with van der Waals surface area (Å²) in [5.74, 6) is 0.0143. The van der Waals surface area contributed by atoms with Crippen LogP contribution in [-0.2, 0) is 4.79 Å². The van der Waals surface area contributed by atoms with Gasteiger partial charge in [0.2, 0.25) is 0 Å². The first-order valence-corrected chi connectivity index (χ1v) is 8.14. The van der Waals surface area contributed by atoms with Crippen molar-refractivity contribution in [2.45, 2.75) is 13.0 Å². The molecular weight excluding hydrogens is 365 g/mol. The van der Waals surface area contributed by atoms with Crippen LogP contribution in [0.5, 0.6) is 5.75 Å². The lowest BCUT2D eigenvalue weighted by Gasteiger charge is -2.15. The Balaban J connectivity index is 1.75. The molecule has 2 aromatic carbocycles. The lowest BCUT2D eigenvalue weighted by molar-refractivity contribution is -0.122. The molecule has 1 heterocycles. The van der Waals surface area contributed by atoms with Gasteiger partial charge in [-0.3, -0.25) is 4.79 Å². The Morgan fingerprint density at radius 2 is 1.88 bits per heavy atom. The van der Waals surface area contributed by atoms with E-state index in [9.17, 15) is 9.59 Å². The maximum absolute atomic E-state index is 12.3. The topological polar surface area (TPSA) is 68.5 Å². The predicted octanol–water partition coefficient (Wildman–Crippen LogP) is 4.51. The van der Waals surface area contributed by atoms with Crippen molar-refractivity contribution < 1.29 is 13.9 Å². The monoisotopic (exact) mass is 377 g/mol. The Morgan fingerprint density at radius 3 is 2.68 bits per heavy atom. The normalized spacial score (nSPS) is 12.0. The highest BCUT2D eigenvalue weighted by atomic mass is 35.5. The number of fused-ring (bicyclic) bond motifs is 1. The van der Waals surface area contributed by atoms with Gasteiger partial charge in [-0.2, -0.15) is 0 Å². The van der Waals surface area contributed by atoms with Gasteiger partial charge in [0.05, 0.1) is 10.7 Å². The van der Waals surface area contributed by atoms with E-state index < -0.39 is 17.6 Å². The fourth-order valence-electron chi connectivity index (χ4n) is 2.20. The summed E-state index contributed by atoms with van der Waals surface area (Å²) in [6.45, 7) is 1.60. The molecule has 1 unspecified atom stereocenters. The average Bonchev–Trinajstić information content (AvgIpc) is 2.57. The van der Waals surface area contributed by atoms with E-state index in [-0.39, 0.29) is 0 Å². The van der Waals surface area contributed by atoms with Crippen molar-refractivity contribution >= 4 is 45.8 Å². The predicted molar refractivity (Wildman–Crippen MR) is 97.7 cm³/mol. The van der Waals surface area contributed by atoms with Crippen LogP contribution in [-0.4, -0.2) is 12.0 Å². The van der Waals surface area contributed by atoms with Crippen LogP contribution < -0.4 is 15.7 Å². The quantitative estimate of drug-likeness (QED) is 0.679. The van der Waals surface area contributed by atoms with Crippen LogP contribution in [0.15, 0.2) is 57.7 Å². The second-order valence-corrected chi connectivity index (χ2v) is 6.17. The molecule has 0 saturated carbocycles. The summed E-state index contributed by atoms with van der Waals surface area (Å²) in [6, 6.07) is 12.8. The molecule has 1 amide bonds. The summed E-state index contributed by atoms with van der Waals surface area (Å²) in [7, 11) is 0. The molecule has 1 aromatic heterocycles. The molecule has 25 heavy (non-hydrogen) atoms. The van der Waals surface area contributed by atoms with Crippen molar-refractivity contribution in [1.29, 1.82) is 0 Å². The third-order valence-electron chi connectivity index (χ3n) is 3.46. The van der Waals surface area contributed by atoms with Gasteiger partial charge in [-0.25, -0.2) is 4.79 Å². The minimum absolute atomic E-state index is 0.373. The summed E-state index contributed by atoms with van der Waals surface area (Å²) < 4.78 is 10.7. The second-order valence-electron chi connectivity index (χ2n) is 5.33. The molecule has 0 aliphatic heterocycles. The number of carbonyl (C=O) groups excluding carboxylic acids is 1. The van der Waals surface area contributed by atoms with Crippen LogP contribution in [0.1, 0.15) is 6.92 Å². The summed E-state index contributed by atoms with van der Waals surface area (Å²) in [5.41, 5.74) is 0.334. The summed E-state index contributed by atoms with van der Waals surface area (Å²) in [5, 5.41) is 4.25. The van der Waals surface area contributed by atoms with E-state index >= 15 is 0 Å². The largest absolute Gasteiger partial charge is 0.481 e. The van der Waals surface area contributed by atoms with Gasteiger partial charge in [0, 0.05) is 22.5 Å². The zero-order valence-corrected chi connectivity index (χ0v) is 14.6. The first-order chi connectivity index (χ1) is 11.9. The fraction of sp³-hybridized carbons (Fsp3) is 0.111. The van der Waals surface area contributed by atoms with Gasteiger partial charge < -0.3 is 14.5 Å². The highest BCUT2D eigenvalue weighted by Gasteiger charge is 2.16. The van der Waals surface area contributed by atoms with Crippen molar-refractivity contribution in [3.8, 4) is 5.75 Å². The van der Waals surface area contributed by atoms with Crippen LogP contribution in [0.2, 0.25) is 10.0 Å². The van der Waals surface area contributed by atoms with Crippen molar-refractivity contribution in [3.63, 3.8) is 0 Å². The van der Waals surface area contributed by atoms with Crippen LogP contribution in [0.25, 0.3) is 11.0 Å². The standard InChI is InChI=1S/C18H13Cl2NO4/c1-10(18(23)21-15-8-12(19)4-6-14(15)20)24-13-5-2-11-3-7-17(22)25-16(11)9-13/h2-10H,1H3,(H,21,23). The highest BCUT2D eigenvalue weighted by Crippen LogP contribution is 2.26. The molecule has 0 aliphatic carbocycles. The van der Waals surface area contributed by atoms with Crippen LogP contribution in [0.4, 0.5) is 5.69 Å². The zero-order chi connectivity index (χ0) is 18.0. The molecule has 5 nitrogen and oxygen atoms in total. The van der Waals surface area contributed by atoms with Gasteiger partial charge >= 0.3 is 5.63 Å². The number of ether oxygens (including phenoxy) is 1. The summed E-state index contributed by atoms with van der Waals surface area (Å²) >= 11 is 11.9. The maximum atomic E-state index is 12.3. The number of benzene rings is 2. The van der Waals surface area contributed by atoms with Crippen molar-refractivity contribution in [1.82, 2.24) is 0 Å². The average molecular weight is 378 g/mol. The number of anilines is 1. The van der Waals surface area contributed by atoms with E-state index in [1.165, 1.54) is 6.07 Å². The molecule has 0 saturated heterocycles. The number of amides is 1. The highest BCUT2D eigenvalue weighted by molar-refractivity contribution is 6.35. The molecule has 0 fully saturated rings. The van der Waals surface area contributed by atoms with E-state index in [0.29, 0.717) is 27.1 Å². The number of hydrogen-bond donors (Lipinski definition) is 1. The molecule has 0 aliphatic rings. The Hall–Kier alpha value is -2.50. The minimum atomic E-state index is -0.803. The third-order valence-corrected chi connectivity index (χ3v) is 4.03. The van der Waals surface area contributed by atoms with Crippen LogP contribution in [0.3, 0.4) is 0 Å². The molecule has 0 bridgehead atoms. The minimum Gasteiger partial charge on any atom is -0.481 e. The van der Waals surface area contributed by atoms with Gasteiger partial charge in [-0.05, 0) is 43.3 Å². The van der Waals surface area contributed by atoms with E-state index in [4.69, 9.17) is 32.4 Å². The van der Waals surface area contributed by atoms with E-state index in [2.05, 4.69) is 5.32 Å². The third kappa shape index (κ3) is 4.13. The molecular formula is C18H13Cl2NO4. The van der Waals surface area contributed by atoms with Gasteiger partial charge in [-0.15, -0.1) is 0 Å². The number of carbonyl (C=O) groups is 1. The SMILES string of the molecule is CC(Oc1ccc2ccc(=O)oc2c1)C(=O)Nc1cc(Cl)ccc1Cl. The Morgan fingerprint density at radius 1 is 1.12 bits per heavy atom. The Labute approximate surface area is 153 Å². The van der Waals surface area contributed by atoms with Crippen molar-refractivity contribution in [2.75, 3.05) is 5.32 Å². The first kappa shape index (κ1) is 17.3. The first-order valence-electron chi connectivity index (χ1n) is 7.39. The molecule has 128 valence electrons. The van der Waals surface area contributed by atoms with E-state index in [1.54, 1.807) is 49.4 Å². The second kappa shape index (κ2) is 7.17. The van der Waals surface area contributed by atoms with Gasteiger partial charge in [0.25, 0.3) is 5.91 Å². The number of rotatable bonds is 4. The van der Waals surface area contributed by atoms with Crippen LogP contribution in [0, 0.1) is 0 Å². The lowest BCUT2D eigenvalue weighted by atomic mass is 10.2. The van der Waals surface area contributed by atoms with Gasteiger partial charge in [0.1, 0.15) is 11.3 Å². The summed E-state index contributed by atoms with van der Waals surface area (Å²) in [4.78, 5) is 23.6. The maximum Gasteiger partial charge on any atom is 0.336 e.